The summed E-state index contributed by atoms with van der Waals surface area (Å²) in [4.78, 5) is 11.5. The molecule has 0 radical (unpaired) electrons. The molecule has 3 nitrogen and oxygen atoms in total. The van der Waals surface area contributed by atoms with Gasteiger partial charge in [-0.05, 0) is 54.4 Å². The molecule has 0 aliphatic carbocycles. The van der Waals surface area contributed by atoms with Crippen molar-refractivity contribution >= 4 is 12.0 Å². The predicted octanol–water partition coefficient (Wildman–Crippen LogP) is 7.62. The third-order valence-electron chi connectivity index (χ3n) is 6.48. The van der Waals surface area contributed by atoms with E-state index in [0.29, 0.717) is 6.42 Å². The molecule has 3 unspecified atom stereocenters. The minimum Gasteiger partial charge on any atom is -0.486 e. The fourth-order valence-electron chi connectivity index (χ4n) is 4.40. The van der Waals surface area contributed by atoms with Crippen molar-refractivity contribution in [3.8, 4) is 5.75 Å². The van der Waals surface area contributed by atoms with E-state index in [1.807, 2.05) is 18.2 Å². The quantitative estimate of drug-likeness (QED) is 0.286. The third kappa shape index (κ3) is 9.93. The minimum atomic E-state index is -0.215. The number of benzene rings is 1. The molecule has 31 heavy (non-hydrogen) atoms. The van der Waals surface area contributed by atoms with Gasteiger partial charge in [0.15, 0.2) is 0 Å². The van der Waals surface area contributed by atoms with Crippen LogP contribution in [0.3, 0.4) is 0 Å². The normalized spacial score (nSPS) is 17.2. The van der Waals surface area contributed by atoms with Crippen molar-refractivity contribution in [2.45, 2.75) is 98.0 Å². The second-order valence-electron chi connectivity index (χ2n) is 10.0. The standard InChI is InChI=1S/C28H44O3/c1-21(2)9-6-10-22(3)11-7-12-23(4)13-8-14-26-17-16-25-19-24(20-28(29)30-5)15-18-27(25)31-26/h15-19,21-23,26H,6-14,20H2,1-5H3. The van der Waals surface area contributed by atoms with Crippen LogP contribution in [0.1, 0.15) is 96.6 Å². The van der Waals surface area contributed by atoms with Crippen molar-refractivity contribution in [3.05, 3.63) is 35.4 Å². The van der Waals surface area contributed by atoms with Gasteiger partial charge in [0.05, 0.1) is 13.5 Å². The highest BCUT2D eigenvalue weighted by Gasteiger charge is 2.16. The Hall–Kier alpha value is -1.77. The van der Waals surface area contributed by atoms with Gasteiger partial charge in [-0.2, -0.15) is 0 Å². The molecule has 0 saturated carbocycles. The van der Waals surface area contributed by atoms with Crippen LogP contribution in [-0.4, -0.2) is 19.2 Å². The Labute approximate surface area is 190 Å². The van der Waals surface area contributed by atoms with Gasteiger partial charge in [-0.1, -0.05) is 84.8 Å². The van der Waals surface area contributed by atoms with Crippen LogP contribution in [0.25, 0.3) is 6.08 Å². The van der Waals surface area contributed by atoms with Gasteiger partial charge in [-0.25, -0.2) is 0 Å². The maximum atomic E-state index is 11.5. The molecule has 0 aromatic heterocycles. The van der Waals surface area contributed by atoms with Crippen molar-refractivity contribution in [1.29, 1.82) is 0 Å². The molecule has 3 atom stereocenters. The highest BCUT2D eigenvalue weighted by Crippen LogP contribution is 2.29. The number of fused-ring (bicyclic) bond motifs is 1. The summed E-state index contributed by atoms with van der Waals surface area (Å²) in [6, 6.07) is 5.96. The second-order valence-corrected chi connectivity index (χ2v) is 10.0. The highest BCUT2D eigenvalue weighted by molar-refractivity contribution is 5.73. The molecule has 1 aromatic carbocycles. The van der Waals surface area contributed by atoms with E-state index in [1.165, 1.54) is 58.5 Å². The summed E-state index contributed by atoms with van der Waals surface area (Å²) in [5.74, 6) is 3.21. The lowest BCUT2D eigenvalue weighted by atomic mass is 9.91. The predicted molar refractivity (Wildman–Crippen MR) is 130 cm³/mol. The van der Waals surface area contributed by atoms with E-state index in [2.05, 4.69) is 39.8 Å². The van der Waals surface area contributed by atoms with Crippen molar-refractivity contribution < 1.29 is 14.3 Å². The molecular weight excluding hydrogens is 384 g/mol. The van der Waals surface area contributed by atoms with E-state index in [9.17, 15) is 4.79 Å². The molecule has 2 rings (SSSR count). The monoisotopic (exact) mass is 428 g/mol. The molecule has 1 aliphatic heterocycles. The first kappa shape index (κ1) is 25.5. The molecule has 0 N–H and O–H groups in total. The fraction of sp³-hybridized carbons (Fsp3) is 0.679. The minimum absolute atomic E-state index is 0.159. The number of rotatable bonds is 14. The number of carbonyl (C=O) groups excluding carboxylic acids is 1. The Bertz CT molecular complexity index is 691. The van der Waals surface area contributed by atoms with Gasteiger partial charge in [0, 0.05) is 5.56 Å². The van der Waals surface area contributed by atoms with Gasteiger partial charge < -0.3 is 9.47 Å². The molecule has 0 amide bonds. The molecule has 0 fully saturated rings. The van der Waals surface area contributed by atoms with E-state index in [0.717, 1.165) is 41.1 Å². The molecule has 1 heterocycles. The zero-order valence-electron chi connectivity index (χ0n) is 20.5. The van der Waals surface area contributed by atoms with Crippen LogP contribution >= 0.6 is 0 Å². The smallest absolute Gasteiger partial charge is 0.309 e. The fourth-order valence-corrected chi connectivity index (χ4v) is 4.40. The van der Waals surface area contributed by atoms with Gasteiger partial charge in [-0.15, -0.1) is 0 Å². The summed E-state index contributed by atoms with van der Waals surface area (Å²) in [7, 11) is 1.42. The SMILES string of the molecule is COC(=O)Cc1ccc2c(c1)C=CC(CCCC(C)CCCC(C)CCCC(C)C)O2. The van der Waals surface area contributed by atoms with Crippen LogP contribution in [0.15, 0.2) is 24.3 Å². The van der Waals surface area contributed by atoms with Gasteiger partial charge in [0.2, 0.25) is 0 Å². The van der Waals surface area contributed by atoms with Crippen LogP contribution in [0.2, 0.25) is 0 Å². The lowest BCUT2D eigenvalue weighted by molar-refractivity contribution is -0.139. The second kappa shape index (κ2) is 13.6. The number of methoxy groups -OCH3 is 1. The van der Waals surface area contributed by atoms with Gasteiger partial charge in [0.1, 0.15) is 11.9 Å². The molecule has 174 valence electrons. The molecule has 0 bridgehead atoms. The van der Waals surface area contributed by atoms with Crippen LogP contribution < -0.4 is 4.74 Å². The van der Waals surface area contributed by atoms with Crippen LogP contribution in [0, 0.1) is 17.8 Å². The summed E-state index contributed by atoms with van der Waals surface area (Å²) in [5.41, 5.74) is 2.01. The molecule has 0 saturated heterocycles. The molecular formula is C28H44O3. The number of hydrogen-bond acceptors (Lipinski definition) is 3. The summed E-state index contributed by atoms with van der Waals surface area (Å²) < 4.78 is 10.9. The van der Waals surface area contributed by atoms with E-state index in [4.69, 9.17) is 9.47 Å². The van der Waals surface area contributed by atoms with Crippen LogP contribution in [0.5, 0.6) is 5.75 Å². The number of ether oxygens (including phenoxy) is 2. The first-order chi connectivity index (χ1) is 14.9. The Morgan fingerprint density at radius 1 is 0.968 bits per heavy atom. The van der Waals surface area contributed by atoms with E-state index < -0.39 is 0 Å². The largest absolute Gasteiger partial charge is 0.486 e. The third-order valence-corrected chi connectivity index (χ3v) is 6.48. The van der Waals surface area contributed by atoms with E-state index >= 15 is 0 Å². The Morgan fingerprint density at radius 2 is 1.61 bits per heavy atom. The average Bonchev–Trinajstić information content (AvgIpc) is 2.73. The van der Waals surface area contributed by atoms with Gasteiger partial charge in [-0.3, -0.25) is 4.79 Å². The summed E-state index contributed by atoms with van der Waals surface area (Å²) >= 11 is 0. The summed E-state index contributed by atoms with van der Waals surface area (Å²) in [6.07, 6.45) is 16.6. The summed E-state index contributed by atoms with van der Waals surface area (Å²) in [6.45, 7) is 9.47. The lowest BCUT2D eigenvalue weighted by Crippen LogP contribution is -2.17. The zero-order valence-corrected chi connectivity index (χ0v) is 20.5. The van der Waals surface area contributed by atoms with Crippen molar-refractivity contribution in [3.63, 3.8) is 0 Å². The summed E-state index contributed by atoms with van der Waals surface area (Å²) in [5, 5.41) is 0. The number of esters is 1. The first-order valence-electron chi connectivity index (χ1n) is 12.4. The Kier molecular flexibility index (Phi) is 11.2. The van der Waals surface area contributed by atoms with E-state index in [-0.39, 0.29) is 12.1 Å². The molecule has 1 aliphatic rings. The highest BCUT2D eigenvalue weighted by atomic mass is 16.5. The number of hydrogen-bond donors (Lipinski definition) is 0. The Balaban J connectivity index is 1.62. The molecule has 3 heteroatoms. The number of carbonyl (C=O) groups is 1. The molecule has 1 aromatic rings. The maximum absolute atomic E-state index is 11.5. The van der Waals surface area contributed by atoms with Gasteiger partial charge >= 0.3 is 5.97 Å². The van der Waals surface area contributed by atoms with Crippen molar-refractivity contribution in [2.24, 2.45) is 17.8 Å². The maximum Gasteiger partial charge on any atom is 0.309 e. The Morgan fingerprint density at radius 3 is 2.26 bits per heavy atom. The van der Waals surface area contributed by atoms with Gasteiger partial charge in [0.25, 0.3) is 0 Å². The lowest BCUT2D eigenvalue weighted by Gasteiger charge is -2.22. The average molecular weight is 429 g/mol. The van der Waals surface area contributed by atoms with E-state index in [1.54, 1.807) is 0 Å². The van der Waals surface area contributed by atoms with Crippen LogP contribution in [-0.2, 0) is 16.0 Å². The van der Waals surface area contributed by atoms with Crippen LogP contribution in [0.4, 0.5) is 0 Å². The zero-order chi connectivity index (χ0) is 22.6. The first-order valence-corrected chi connectivity index (χ1v) is 12.4. The molecule has 0 spiro atoms. The van der Waals surface area contributed by atoms with Crippen molar-refractivity contribution in [2.75, 3.05) is 7.11 Å². The topological polar surface area (TPSA) is 35.5 Å². The van der Waals surface area contributed by atoms with Crippen molar-refractivity contribution in [1.82, 2.24) is 0 Å².